The topological polar surface area (TPSA) is 101 Å². The minimum Gasteiger partial charge on any atom is -0.481 e. The fourth-order valence-electron chi connectivity index (χ4n) is 3.57. The number of hydrogen-bond donors (Lipinski definition) is 1. The Hall–Kier alpha value is -2.84. The molecular formula is C18H22FN5O3. The van der Waals surface area contributed by atoms with Gasteiger partial charge >= 0.3 is 5.97 Å². The molecule has 0 saturated carbocycles. The third-order valence-electron chi connectivity index (χ3n) is 4.90. The van der Waals surface area contributed by atoms with Crippen molar-refractivity contribution >= 4 is 11.9 Å². The number of benzene rings is 1. The summed E-state index contributed by atoms with van der Waals surface area (Å²) < 4.78 is 14.6. The summed E-state index contributed by atoms with van der Waals surface area (Å²) in [6.45, 7) is 4.29. The van der Waals surface area contributed by atoms with E-state index in [1.165, 1.54) is 16.8 Å². The average molecular weight is 375 g/mol. The van der Waals surface area contributed by atoms with Crippen molar-refractivity contribution in [1.82, 2.24) is 25.1 Å². The van der Waals surface area contributed by atoms with Crippen molar-refractivity contribution < 1.29 is 19.1 Å². The van der Waals surface area contributed by atoms with Crippen LogP contribution in [0.2, 0.25) is 0 Å². The molecule has 0 bridgehead atoms. The number of carbonyl (C=O) groups excluding carboxylic acids is 1. The molecule has 1 aliphatic rings. The lowest BCUT2D eigenvalue weighted by Gasteiger charge is -2.36. The van der Waals surface area contributed by atoms with E-state index < -0.39 is 17.9 Å². The number of nitrogens with zero attached hydrogens (tertiary/aromatic N) is 5. The predicted molar refractivity (Wildman–Crippen MR) is 93.2 cm³/mol. The van der Waals surface area contributed by atoms with Crippen molar-refractivity contribution in [3.05, 3.63) is 41.5 Å². The smallest absolute Gasteiger partial charge is 0.308 e. The Kier molecular flexibility index (Phi) is 5.48. The summed E-state index contributed by atoms with van der Waals surface area (Å²) in [6, 6.07) is 5.20. The van der Waals surface area contributed by atoms with E-state index >= 15 is 0 Å². The Morgan fingerprint density at radius 2 is 2.00 bits per heavy atom. The number of piperidine rings is 1. The summed E-state index contributed by atoms with van der Waals surface area (Å²) >= 11 is 0. The molecule has 1 amide bonds. The maximum atomic E-state index is 13.3. The molecule has 0 spiro atoms. The largest absolute Gasteiger partial charge is 0.481 e. The van der Waals surface area contributed by atoms with Gasteiger partial charge in [-0.05, 0) is 47.4 Å². The predicted octanol–water partition coefficient (Wildman–Crippen LogP) is 1.47. The summed E-state index contributed by atoms with van der Waals surface area (Å²) in [5, 5.41) is 20.8. The lowest BCUT2D eigenvalue weighted by atomic mass is 9.90. The van der Waals surface area contributed by atoms with Crippen LogP contribution in [0.25, 0.3) is 0 Å². The second-order valence-electron chi connectivity index (χ2n) is 7.14. The highest BCUT2D eigenvalue weighted by Gasteiger charge is 2.36. The van der Waals surface area contributed by atoms with E-state index in [1.807, 2.05) is 6.92 Å². The van der Waals surface area contributed by atoms with E-state index in [4.69, 9.17) is 0 Å². The van der Waals surface area contributed by atoms with Gasteiger partial charge < -0.3 is 10.0 Å². The number of halogens is 1. The molecule has 2 aromatic rings. The molecule has 1 fully saturated rings. The van der Waals surface area contributed by atoms with Crippen molar-refractivity contribution in [2.24, 2.45) is 11.8 Å². The first kappa shape index (κ1) is 18.9. The van der Waals surface area contributed by atoms with Crippen molar-refractivity contribution in [2.45, 2.75) is 32.7 Å². The lowest BCUT2D eigenvalue weighted by molar-refractivity contribution is -0.148. The second kappa shape index (κ2) is 7.81. The standard InChI is InChI=1S/C18H22FN5O3/c1-11-7-14(18(26)27)10-23(9-11)17(25)16(24-12(2)20-21-22-24)8-13-3-5-15(19)6-4-13/h3-6,11,14,16H,7-10H2,1-2H3,(H,26,27). The molecule has 9 heteroatoms. The Balaban J connectivity index is 1.87. The van der Waals surface area contributed by atoms with Gasteiger partial charge in [0.2, 0.25) is 5.91 Å². The molecule has 3 unspecified atom stereocenters. The van der Waals surface area contributed by atoms with Gasteiger partial charge in [-0.3, -0.25) is 9.59 Å². The normalized spacial score (nSPS) is 21.1. The van der Waals surface area contributed by atoms with E-state index in [0.29, 0.717) is 18.8 Å². The quantitative estimate of drug-likeness (QED) is 0.849. The number of hydrogen-bond acceptors (Lipinski definition) is 5. The molecule has 0 radical (unpaired) electrons. The number of aryl methyl sites for hydroxylation is 1. The van der Waals surface area contributed by atoms with E-state index in [9.17, 15) is 19.1 Å². The number of aliphatic carboxylic acids is 1. The first-order valence-electron chi connectivity index (χ1n) is 8.85. The fourth-order valence-corrected chi connectivity index (χ4v) is 3.57. The highest BCUT2D eigenvalue weighted by molar-refractivity contribution is 5.82. The summed E-state index contributed by atoms with van der Waals surface area (Å²) in [5.74, 6) is -1.49. The molecule has 3 atom stereocenters. The van der Waals surface area contributed by atoms with Crippen LogP contribution in [0, 0.1) is 24.6 Å². The van der Waals surface area contributed by atoms with Gasteiger partial charge in [0.15, 0.2) is 0 Å². The Morgan fingerprint density at radius 1 is 1.30 bits per heavy atom. The number of carboxylic acid groups (broad SMARTS) is 1. The van der Waals surface area contributed by atoms with Crippen LogP contribution in [-0.4, -0.2) is 55.2 Å². The van der Waals surface area contributed by atoms with Gasteiger partial charge in [0.05, 0.1) is 5.92 Å². The van der Waals surface area contributed by atoms with Crippen LogP contribution >= 0.6 is 0 Å². The van der Waals surface area contributed by atoms with Crippen LogP contribution in [0.15, 0.2) is 24.3 Å². The summed E-state index contributed by atoms with van der Waals surface area (Å²) in [7, 11) is 0. The third kappa shape index (κ3) is 4.29. The Morgan fingerprint density at radius 3 is 2.59 bits per heavy atom. The number of rotatable bonds is 5. The maximum absolute atomic E-state index is 13.3. The fraction of sp³-hybridized carbons (Fsp3) is 0.500. The molecule has 1 saturated heterocycles. The van der Waals surface area contributed by atoms with Crippen molar-refractivity contribution in [2.75, 3.05) is 13.1 Å². The van der Waals surface area contributed by atoms with E-state index in [2.05, 4.69) is 15.5 Å². The van der Waals surface area contributed by atoms with Crippen molar-refractivity contribution in [3.63, 3.8) is 0 Å². The van der Waals surface area contributed by atoms with E-state index in [1.54, 1.807) is 24.0 Å². The maximum Gasteiger partial charge on any atom is 0.308 e. The third-order valence-corrected chi connectivity index (χ3v) is 4.90. The Labute approximate surface area is 156 Å². The molecule has 1 N–H and O–H groups in total. The van der Waals surface area contributed by atoms with Crippen molar-refractivity contribution in [3.8, 4) is 0 Å². The van der Waals surface area contributed by atoms with Crippen LogP contribution in [-0.2, 0) is 16.0 Å². The molecular weight excluding hydrogens is 353 g/mol. The molecule has 27 heavy (non-hydrogen) atoms. The number of tetrazole rings is 1. The van der Waals surface area contributed by atoms with Gasteiger partial charge in [0.25, 0.3) is 0 Å². The number of likely N-dealkylation sites (tertiary alicyclic amines) is 1. The monoisotopic (exact) mass is 375 g/mol. The van der Waals surface area contributed by atoms with E-state index in [0.717, 1.165) is 5.56 Å². The van der Waals surface area contributed by atoms with Crippen LogP contribution < -0.4 is 0 Å². The van der Waals surface area contributed by atoms with Gasteiger partial charge in [-0.2, -0.15) is 0 Å². The molecule has 0 aliphatic carbocycles. The first-order valence-corrected chi connectivity index (χ1v) is 8.85. The zero-order valence-corrected chi connectivity index (χ0v) is 15.2. The van der Waals surface area contributed by atoms with Crippen LogP contribution in [0.4, 0.5) is 4.39 Å². The zero-order chi connectivity index (χ0) is 19.6. The number of aromatic nitrogens is 4. The first-order chi connectivity index (χ1) is 12.8. The van der Waals surface area contributed by atoms with Crippen LogP contribution in [0.3, 0.4) is 0 Å². The molecule has 8 nitrogen and oxygen atoms in total. The highest BCUT2D eigenvalue weighted by Crippen LogP contribution is 2.26. The average Bonchev–Trinajstić information content (AvgIpc) is 3.06. The van der Waals surface area contributed by atoms with Gasteiger partial charge in [-0.1, -0.05) is 19.1 Å². The second-order valence-corrected chi connectivity index (χ2v) is 7.14. The van der Waals surface area contributed by atoms with Crippen molar-refractivity contribution in [1.29, 1.82) is 0 Å². The molecule has 3 rings (SSSR count). The molecule has 1 aromatic heterocycles. The molecule has 144 valence electrons. The number of carboxylic acids is 1. The van der Waals surface area contributed by atoms with Gasteiger partial charge in [0, 0.05) is 19.5 Å². The Bertz CT molecular complexity index is 823. The van der Waals surface area contributed by atoms with Gasteiger partial charge in [-0.25, -0.2) is 9.07 Å². The zero-order valence-electron chi connectivity index (χ0n) is 15.2. The van der Waals surface area contributed by atoms with Gasteiger partial charge in [0.1, 0.15) is 17.7 Å². The number of amides is 1. The SMILES string of the molecule is Cc1nnnn1C(Cc1ccc(F)cc1)C(=O)N1CC(C)CC(C(=O)O)C1. The lowest BCUT2D eigenvalue weighted by Crippen LogP contribution is -2.48. The highest BCUT2D eigenvalue weighted by atomic mass is 19.1. The minimum absolute atomic E-state index is 0.0882. The number of carbonyl (C=O) groups is 2. The molecule has 1 aliphatic heterocycles. The van der Waals surface area contributed by atoms with E-state index in [-0.39, 0.29) is 30.6 Å². The van der Waals surface area contributed by atoms with Crippen LogP contribution in [0.5, 0.6) is 0 Å². The minimum atomic E-state index is -0.895. The molecule has 1 aromatic carbocycles. The summed E-state index contributed by atoms with van der Waals surface area (Å²) in [6.07, 6.45) is 0.833. The van der Waals surface area contributed by atoms with Crippen LogP contribution in [0.1, 0.15) is 30.8 Å². The summed E-state index contributed by atoms with van der Waals surface area (Å²) in [4.78, 5) is 26.3. The molecule has 2 heterocycles. The summed E-state index contributed by atoms with van der Waals surface area (Å²) in [5.41, 5.74) is 0.768. The van der Waals surface area contributed by atoms with Gasteiger partial charge in [-0.15, -0.1) is 5.10 Å².